The summed E-state index contributed by atoms with van der Waals surface area (Å²) in [5.41, 5.74) is 1.19. The quantitative estimate of drug-likeness (QED) is 0.629. The Hall–Kier alpha value is -1.64. The Kier molecular flexibility index (Phi) is 3.80. The van der Waals surface area contributed by atoms with Crippen molar-refractivity contribution in [2.45, 2.75) is 0 Å². The summed E-state index contributed by atoms with van der Waals surface area (Å²) >= 11 is 11.2. The summed E-state index contributed by atoms with van der Waals surface area (Å²) in [6.45, 7) is 0. The van der Waals surface area contributed by atoms with E-state index in [9.17, 15) is 9.59 Å². The SMILES string of the molecule is O=C(c1ccccc1)c1ccc(C(=O)Cl)c(Cl)c1. The van der Waals surface area contributed by atoms with Gasteiger partial charge in [0.1, 0.15) is 0 Å². The first-order valence-electron chi connectivity index (χ1n) is 5.18. The summed E-state index contributed by atoms with van der Waals surface area (Å²) in [5.74, 6) is -0.147. The Morgan fingerprint density at radius 1 is 0.889 bits per heavy atom. The maximum atomic E-state index is 12.1. The van der Waals surface area contributed by atoms with E-state index in [2.05, 4.69) is 0 Å². The number of carbonyl (C=O) groups is 2. The summed E-state index contributed by atoms with van der Waals surface area (Å²) in [6, 6.07) is 13.3. The standard InChI is InChI=1S/C14H8Cl2O2/c15-12-8-10(6-7-11(12)14(16)18)13(17)9-4-2-1-3-5-9/h1-8H. The number of hydrogen-bond donors (Lipinski definition) is 0. The lowest BCUT2D eigenvalue weighted by atomic mass is 10.0. The molecule has 0 N–H and O–H groups in total. The molecule has 0 unspecified atom stereocenters. The predicted molar refractivity (Wildman–Crippen MR) is 71.5 cm³/mol. The molecule has 0 aliphatic rings. The summed E-state index contributed by atoms with van der Waals surface area (Å²) in [5, 5.41) is -0.463. The molecule has 90 valence electrons. The highest BCUT2D eigenvalue weighted by Gasteiger charge is 2.13. The number of rotatable bonds is 3. The fourth-order valence-electron chi connectivity index (χ4n) is 1.57. The minimum Gasteiger partial charge on any atom is -0.289 e. The van der Waals surface area contributed by atoms with Crippen molar-refractivity contribution < 1.29 is 9.59 Å². The molecule has 0 saturated heterocycles. The van der Waals surface area contributed by atoms with Crippen LogP contribution in [-0.4, -0.2) is 11.0 Å². The van der Waals surface area contributed by atoms with Crippen molar-refractivity contribution in [2.24, 2.45) is 0 Å². The van der Waals surface area contributed by atoms with E-state index >= 15 is 0 Å². The van der Waals surface area contributed by atoms with Crippen molar-refractivity contribution in [3.05, 3.63) is 70.2 Å². The molecule has 0 fully saturated rings. The van der Waals surface area contributed by atoms with Gasteiger partial charge >= 0.3 is 0 Å². The van der Waals surface area contributed by atoms with Gasteiger partial charge in [-0.1, -0.05) is 48.0 Å². The number of carbonyl (C=O) groups excluding carboxylic acids is 2. The number of hydrogen-bond acceptors (Lipinski definition) is 2. The van der Waals surface area contributed by atoms with E-state index in [1.165, 1.54) is 18.2 Å². The maximum Gasteiger partial charge on any atom is 0.253 e. The lowest BCUT2D eigenvalue weighted by Gasteiger charge is -2.03. The van der Waals surface area contributed by atoms with Crippen LogP contribution < -0.4 is 0 Å². The second-order valence-corrected chi connectivity index (χ2v) is 4.41. The maximum absolute atomic E-state index is 12.1. The third-order valence-electron chi connectivity index (χ3n) is 2.48. The van der Waals surface area contributed by atoms with Crippen LogP contribution in [0.1, 0.15) is 26.3 Å². The molecule has 0 aromatic heterocycles. The Morgan fingerprint density at radius 2 is 1.56 bits per heavy atom. The fourth-order valence-corrected chi connectivity index (χ4v) is 2.05. The summed E-state index contributed by atoms with van der Waals surface area (Å²) < 4.78 is 0. The zero-order chi connectivity index (χ0) is 13.1. The largest absolute Gasteiger partial charge is 0.289 e. The molecule has 2 aromatic rings. The van der Waals surface area contributed by atoms with Gasteiger partial charge in [0.15, 0.2) is 5.78 Å². The Balaban J connectivity index is 2.39. The third kappa shape index (κ3) is 2.61. The van der Waals surface area contributed by atoms with Gasteiger partial charge in [0.2, 0.25) is 0 Å². The zero-order valence-corrected chi connectivity index (χ0v) is 10.7. The van der Waals surface area contributed by atoms with E-state index in [4.69, 9.17) is 23.2 Å². The van der Waals surface area contributed by atoms with Gasteiger partial charge in [-0.25, -0.2) is 0 Å². The van der Waals surface area contributed by atoms with E-state index < -0.39 is 5.24 Å². The number of halogens is 2. The van der Waals surface area contributed by atoms with E-state index in [-0.39, 0.29) is 16.4 Å². The van der Waals surface area contributed by atoms with Crippen molar-refractivity contribution in [2.75, 3.05) is 0 Å². The molecule has 18 heavy (non-hydrogen) atoms. The second kappa shape index (κ2) is 5.34. The summed E-state index contributed by atoms with van der Waals surface area (Å²) in [6.07, 6.45) is 0. The first-order valence-corrected chi connectivity index (χ1v) is 5.94. The van der Waals surface area contributed by atoms with Crippen LogP contribution in [0.3, 0.4) is 0 Å². The molecule has 2 nitrogen and oxygen atoms in total. The summed E-state index contributed by atoms with van der Waals surface area (Å²) in [7, 11) is 0. The minimum absolute atomic E-state index is 0.147. The monoisotopic (exact) mass is 278 g/mol. The van der Waals surface area contributed by atoms with Crippen LogP contribution >= 0.6 is 23.2 Å². The number of benzene rings is 2. The van der Waals surface area contributed by atoms with Gasteiger partial charge in [-0.15, -0.1) is 0 Å². The molecule has 4 heteroatoms. The molecule has 0 radical (unpaired) electrons. The zero-order valence-electron chi connectivity index (χ0n) is 9.19. The van der Waals surface area contributed by atoms with Crippen molar-refractivity contribution in [3.8, 4) is 0 Å². The van der Waals surface area contributed by atoms with Gasteiger partial charge < -0.3 is 0 Å². The van der Waals surface area contributed by atoms with Crippen molar-refractivity contribution in [1.82, 2.24) is 0 Å². The van der Waals surface area contributed by atoms with Crippen molar-refractivity contribution in [1.29, 1.82) is 0 Å². The average Bonchev–Trinajstić information content (AvgIpc) is 2.38. The average molecular weight is 279 g/mol. The van der Waals surface area contributed by atoms with Crippen LogP contribution in [0.25, 0.3) is 0 Å². The molecule has 0 aliphatic carbocycles. The highest BCUT2D eigenvalue weighted by atomic mass is 35.5. The van der Waals surface area contributed by atoms with Gasteiger partial charge in [0.25, 0.3) is 5.24 Å². The molecule has 0 aliphatic heterocycles. The Labute approximate surface area is 114 Å². The van der Waals surface area contributed by atoms with Gasteiger partial charge in [-0.05, 0) is 23.7 Å². The highest BCUT2D eigenvalue weighted by Crippen LogP contribution is 2.21. The predicted octanol–water partition coefficient (Wildman–Crippen LogP) is 3.95. The van der Waals surface area contributed by atoms with E-state index in [1.54, 1.807) is 24.3 Å². The highest BCUT2D eigenvalue weighted by molar-refractivity contribution is 6.68. The van der Waals surface area contributed by atoms with E-state index in [0.717, 1.165) is 0 Å². The minimum atomic E-state index is -0.640. The lowest BCUT2D eigenvalue weighted by Crippen LogP contribution is -2.02. The van der Waals surface area contributed by atoms with Crippen LogP contribution in [-0.2, 0) is 0 Å². The molecular formula is C14H8Cl2O2. The topological polar surface area (TPSA) is 34.1 Å². The Bertz CT molecular complexity index is 606. The van der Waals surface area contributed by atoms with Crippen LogP contribution in [0.2, 0.25) is 5.02 Å². The van der Waals surface area contributed by atoms with Gasteiger partial charge in [-0.2, -0.15) is 0 Å². The van der Waals surface area contributed by atoms with Gasteiger partial charge in [0, 0.05) is 11.1 Å². The smallest absolute Gasteiger partial charge is 0.253 e. The molecular weight excluding hydrogens is 271 g/mol. The Morgan fingerprint density at radius 3 is 2.11 bits per heavy atom. The van der Waals surface area contributed by atoms with E-state index in [0.29, 0.717) is 11.1 Å². The molecule has 0 saturated carbocycles. The lowest BCUT2D eigenvalue weighted by molar-refractivity contribution is 0.103. The first-order chi connectivity index (χ1) is 8.59. The second-order valence-electron chi connectivity index (χ2n) is 3.66. The molecule has 2 rings (SSSR count). The summed E-state index contributed by atoms with van der Waals surface area (Å²) in [4.78, 5) is 23.1. The van der Waals surface area contributed by atoms with Crippen molar-refractivity contribution in [3.63, 3.8) is 0 Å². The molecule has 0 amide bonds. The fraction of sp³-hybridized carbons (Fsp3) is 0. The van der Waals surface area contributed by atoms with Gasteiger partial charge in [-0.3, -0.25) is 9.59 Å². The van der Waals surface area contributed by atoms with E-state index in [1.807, 2.05) is 6.07 Å². The van der Waals surface area contributed by atoms with Crippen LogP contribution in [0, 0.1) is 0 Å². The molecule has 0 spiro atoms. The molecule has 2 aromatic carbocycles. The van der Waals surface area contributed by atoms with Crippen LogP contribution in [0.5, 0.6) is 0 Å². The van der Waals surface area contributed by atoms with Crippen LogP contribution in [0.4, 0.5) is 0 Å². The molecule has 0 heterocycles. The van der Waals surface area contributed by atoms with Gasteiger partial charge in [0.05, 0.1) is 10.6 Å². The van der Waals surface area contributed by atoms with Crippen molar-refractivity contribution >= 4 is 34.2 Å². The third-order valence-corrected chi connectivity index (χ3v) is 3.00. The number of ketones is 1. The first kappa shape index (κ1) is 12.8. The van der Waals surface area contributed by atoms with Crippen LogP contribution in [0.15, 0.2) is 48.5 Å². The normalized spacial score (nSPS) is 10.1. The molecule has 0 bridgehead atoms. The molecule has 0 atom stereocenters.